The highest BCUT2D eigenvalue weighted by Crippen LogP contribution is 2.12. The monoisotopic (exact) mass is 285 g/mol. The number of halogens is 1. The largest absolute Gasteiger partial charge is 0.478 e. The summed E-state index contributed by atoms with van der Waals surface area (Å²) in [5.74, 6) is -1.68. The fourth-order valence-corrected chi connectivity index (χ4v) is 1.83. The summed E-state index contributed by atoms with van der Waals surface area (Å²) in [5.41, 5.74) is 0.577. The van der Waals surface area contributed by atoms with Gasteiger partial charge < -0.3 is 14.6 Å². The molecule has 6 heteroatoms. The molecule has 0 aliphatic heterocycles. The quantitative estimate of drug-likeness (QED) is 0.747. The van der Waals surface area contributed by atoms with Crippen molar-refractivity contribution in [3.8, 4) is 0 Å². The van der Waals surface area contributed by atoms with Crippen LogP contribution >= 0.6 is 0 Å². The smallest absolute Gasteiger partial charge is 0.335 e. The second-order valence-corrected chi connectivity index (χ2v) is 4.42. The number of rotatable bonds is 9. The van der Waals surface area contributed by atoms with E-state index in [1.165, 1.54) is 12.1 Å². The second kappa shape index (κ2) is 8.63. The average Bonchev–Trinajstić information content (AvgIpc) is 2.41. The zero-order valence-corrected chi connectivity index (χ0v) is 11.8. The van der Waals surface area contributed by atoms with Gasteiger partial charge in [-0.05, 0) is 23.8 Å². The number of benzene rings is 1. The van der Waals surface area contributed by atoms with Crippen LogP contribution in [0.4, 0.5) is 4.39 Å². The van der Waals surface area contributed by atoms with Crippen LogP contribution in [0, 0.1) is 5.82 Å². The molecule has 0 aromatic heterocycles. The molecular weight excluding hydrogens is 265 g/mol. The maximum absolute atomic E-state index is 13.4. The molecule has 0 fully saturated rings. The number of hydrogen-bond donors (Lipinski definition) is 1. The minimum absolute atomic E-state index is 0.0431. The van der Waals surface area contributed by atoms with Gasteiger partial charge in [-0.15, -0.1) is 0 Å². The molecule has 5 nitrogen and oxygen atoms in total. The predicted octanol–water partition coefficient (Wildman–Crippen LogP) is 1.62. The van der Waals surface area contributed by atoms with Crippen LogP contribution < -0.4 is 0 Å². The molecule has 0 unspecified atom stereocenters. The highest BCUT2D eigenvalue weighted by atomic mass is 19.1. The fourth-order valence-electron chi connectivity index (χ4n) is 1.83. The molecular formula is C14H20FNO4. The van der Waals surface area contributed by atoms with Crippen LogP contribution in [0.5, 0.6) is 0 Å². The SMILES string of the molecule is COCCN(CCOC)Cc1cc(F)cc(C(=O)O)c1. The first-order chi connectivity index (χ1) is 9.56. The Labute approximate surface area is 117 Å². The van der Waals surface area contributed by atoms with Crippen molar-refractivity contribution in [3.05, 3.63) is 35.1 Å². The minimum atomic E-state index is -1.13. The van der Waals surface area contributed by atoms with E-state index in [0.717, 1.165) is 6.07 Å². The van der Waals surface area contributed by atoms with E-state index in [1.54, 1.807) is 14.2 Å². The van der Waals surface area contributed by atoms with Gasteiger partial charge in [0, 0.05) is 33.9 Å². The van der Waals surface area contributed by atoms with Crippen molar-refractivity contribution in [1.82, 2.24) is 4.90 Å². The first-order valence-electron chi connectivity index (χ1n) is 6.29. The molecule has 0 aliphatic rings. The number of hydrogen-bond acceptors (Lipinski definition) is 4. The Morgan fingerprint density at radius 2 is 1.80 bits per heavy atom. The number of ether oxygens (including phenoxy) is 2. The zero-order chi connectivity index (χ0) is 15.0. The average molecular weight is 285 g/mol. The Morgan fingerprint density at radius 1 is 1.20 bits per heavy atom. The molecule has 1 aromatic rings. The maximum atomic E-state index is 13.4. The Hall–Kier alpha value is -1.50. The number of nitrogens with zero attached hydrogens (tertiary/aromatic N) is 1. The highest BCUT2D eigenvalue weighted by Gasteiger charge is 2.10. The summed E-state index contributed by atoms with van der Waals surface area (Å²) in [6, 6.07) is 3.84. The van der Waals surface area contributed by atoms with Crippen molar-refractivity contribution < 1.29 is 23.8 Å². The molecule has 0 radical (unpaired) electrons. The normalized spacial score (nSPS) is 11.0. The molecule has 1 aromatic carbocycles. The van der Waals surface area contributed by atoms with E-state index in [9.17, 15) is 9.18 Å². The summed E-state index contributed by atoms with van der Waals surface area (Å²) in [4.78, 5) is 12.9. The Balaban J connectivity index is 2.77. The second-order valence-electron chi connectivity index (χ2n) is 4.42. The van der Waals surface area contributed by atoms with Crippen molar-refractivity contribution in [2.75, 3.05) is 40.5 Å². The van der Waals surface area contributed by atoms with Crippen LogP contribution in [0.25, 0.3) is 0 Å². The number of aromatic carboxylic acids is 1. The van der Waals surface area contributed by atoms with Gasteiger partial charge in [0.25, 0.3) is 0 Å². The van der Waals surface area contributed by atoms with Crippen molar-refractivity contribution >= 4 is 5.97 Å². The summed E-state index contributed by atoms with van der Waals surface area (Å²) >= 11 is 0. The van der Waals surface area contributed by atoms with E-state index in [0.29, 0.717) is 38.4 Å². The lowest BCUT2D eigenvalue weighted by Gasteiger charge is -2.21. The molecule has 0 saturated carbocycles. The van der Waals surface area contributed by atoms with Crippen molar-refractivity contribution in [2.24, 2.45) is 0 Å². The molecule has 1 N–H and O–H groups in total. The number of carbonyl (C=O) groups is 1. The summed E-state index contributed by atoms with van der Waals surface area (Å²) in [7, 11) is 3.22. The summed E-state index contributed by atoms with van der Waals surface area (Å²) in [6.45, 7) is 2.87. The molecule has 20 heavy (non-hydrogen) atoms. The van der Waals surface area contributed by atoms with Gasteiger partial charge >= 0.3 is 5.97 Å². The molecule has 0 atom stereocenters. The van der Waals surface area contributed by atoms with Crippen molar-refractivity contribution in [2.45, 2.75) is 6.54 Å². The fraction of sp³-hybridized carbons (Fsp3) is 0.500. The van der Waals surface area contributed by atoms with Crippen LogP contribution in [0.15, 0.2) is 18.2 Å². The third kappa shape index (κ3) is 5.64. The number of carboxylic acids is 1. The zero-order valence-electron chi connectivity index (χ0n) is 11.8. The molecule has 112 valence electrons. The molecule has 1 rings (SSSR count). The van der Waals surface area contributed by atoms with Gasteiger partial charge in [0.1, 0.15) is 5.82 Å². The van der Waals surface area contributed by atoms with E-state index < -0.39 is 11.8 Å². The van der Waals surface area contributed by atoms with Crippen LogP contribution in [0.2, 0.25) is 0 Å². The summed E-state index contributed by atoms with van der Waals surface area (Å²) < 4.78 is 23.5. The summed E-state index contributed by atoms with van der Waals surface area (Å²) in [5, 5.41) is 8.93. The van der Waals surface area contributed by atoms with Gasteiger partial charge in [0.05, 0.1) is 18.8 Å². The van der Waals surface area contributed by atoms with Gasteiger partial charge in [0.15, 0.2) is 0 Å². The van der Waals surface area contributed by atoms with Crippen LogP contribution in [-0.4, -0.2) is 56.5 Å². The van der Waals surface area contributed by atoms with Crippen molar-refractivity contribution in [1.29, 1.82) is 0 Å². The lowest BCUT2D eigenvalue weighted by Crippen LogP contribution is -2.30. The van der Waals surface area contributed by atoms with E-state index in [2.05, 4.69) is 0 Å². The number of methoxy groups -OCH3 is 2. The number of carboxylic acid groups (broad SMARTS) is 1. The van der Waals surface area contributed by atoms with Crippen LogP contribution in [-0.2, 0) is 16.0 Å². The van der Waals surface area contributed by atoms with E-state index >= 15 is 0 Å². The third-order valence-electron chi connectivity index (χ3n) is 2.83. The van der Waals surface area contributed by atoms with Gasteiger partial charge in [0.2, 0.25) is 0 Å². The summed E-state index contributed by atoms with van der Waals surface area (Å²) in [6.07, 6.45) is 0. The highest BCUT2D eigenvalue weighted by molar-refractivity contribution is 5.87. The molecule has 0 saturated heterocycles. The predicted molar refractivity (Wildman–Crippen MR) is 72.4 cm³/mol. The van der Waals surface area contributed by atoms with E-state index in [4.69, 9.17) is 14.6 Å². The molecule has 0 amide bonds. The van der Waals surface area contributed by atoms with E-state index in [1.807, 2.05) is 4.90 Å². The molecule has 0 bridgehead atoms. The molecule has 0 spiro atoms. The lowest BCUT2D eigenvalue weighted by atomic mass is 10.1. The van der Waals surface area contributed by atoms with E-state index in [-0.39, 0.29) is 5.56 Å². The Bertz CT molecular complexity index is 431. The molecule has 0 aliphatic carbocycles. The molecule has 0 heterocycles. The Kier molecular flexibility index (Phi) is 7.14. The van der Waals surface area contributed by atoms with Gasteiger partial charge in [-0.25, -0.2) is 9.18 Å². The Morgan fingerprint density at radius 3 is 2.30 bits per heavy atom. The van der Waals surface area contributed by atoms with Gasteiger partial charge in [-0.2, -0.15) is 0 Å². The maximum Gasteiger partial charge on any atom is 0.335 e. The van der Waals surface area contributed by atoms with Crippen molar-refractivity contribution in [3.63, 3.8) is 0 Å². The van der Waals surface area contributed by atoms with Crippen LogP contribution in [0.3, 0.4) is 0 Å². The third-order valence-corrected chi connectivity index (χ3v) is 2.83. The minimum Gasteiger partial charge on any atom is -0.478 e. The first kappa shape index (κ1) is 16.6. The van der Waals surface area contributed by atoms with Gasteiger partial charge in [-0.3, -0.25) is 4.90 Å². The van der Waals surface area contributed by atoms with Crippen LogP contribution in [0.1, 0.15) is 15.9 Å². The van der Waals surface area contributed by atoms with Gasteiger partial charge in [-0.1, -0.05) is 0 Å². The lowest BCUT2D eigenvalue weighted by molar-refractivity contribution is 0.0695. The first-order valence-corrected chi connectivity index (χ1v) is 6.29. The topological polar surface area (TPSA) is 59.0 Å². The standard InChI is InChI=1S/C14H20FNO4/c1-19-5-3-16(4-6-20-2)10-11-7-12(14(17)18)9-13(15)8-11/h7-9H,3-6,10H2,1-2H3,(H,17,18).